The molecule has 5 nitrogen and oxygen atoms in total. The Morgan fingerprint density at radius 3 is 2.87 bits per heavy atom. The summed E-state index contributed by atoms with van der Waals surface area (Å²) in [5.74, 6) is 0.283. The van der Waals surface area contributed by atoms with Crippen molar-refractivity contribution in [3.63, 3.8) is 0 Å². The standard InChI is InChI=1S/C15H17ClN2O3S2/c1-2-21-12-8-7-10(16)9-14(12)23(19,20)18-15-17-11-5-3-4-6-13(11)22-15/h7-9H,2-6H2,1H3,(H,17,18). The van der Waals surface area contributed by atoms with Gasteiger partial charge >= 0.3 is 0 Å². The Bertz CT molecular complexity index is 795. The van der Waals surface area contributed by atoms with Gasteiger partial charge in [-0.2, -0.15) is 0 Å². The second-order valence-corrected chi connectivity index (χ2v) is 8.40. The van der Waals surface area contributed by atoms with Gasteiger partial charge in [-0.1, -0.05) is 11.6 Å². The van der Waals surface area contributed by atoms with Crippen LogP contribution >= 0.6 is 22.9 Å². The molecule has 2 aromatic rings. The molecule has 0 amide bonds. The van der Waals surface area contributed by atoms with Crippen LogP contribution in [0.25, 0.3) is 0 Å². The summed E-state index contributed by atoms with van der Waals surface area (Å²) in [4.78, 5) is 5.61. The maximum Gasteiger partial charge on any atom is 0.267 e. The molecule has 0 saturated carbocycles. The number of aryl methyl sites for hydroxylation is 2. The number of thiazole rings is 1. The van der Waals surface area contributed by atoms with E-state index in [0.29, 0.717) is 16.8 Å². The average Bonchev–Trinajstić information content (AvgIpc) is 2.90. The monoisotopic (exact) mass is 372 g/mol. The predicted molar refractivity (Wildman–Crippen MR) is 92.2 cm³/mol. The topological polar surface area (TPSA) is 68.3 Å². The van der Waals surface area contributed by atoms with Crippen molar-refractivity contribution in [1.29, 1.82) is 0 Å². The van der Waals surface area contributed by atoms with Crippen molar-refractivity contribution in [2.75, 3.05) is 11.3 Å². The summed E-state index contributed by atoms with van der Waals surface area (Å²) in [5, 5.41) is 0.742. The fraction of sp³-hybridized carbons (Fsp3) is 0.400. The zero-order valence-corrected chi connectivity index (χ0v) is 15.0. The van der Waals surface area contributed by atoms with Gasteiger partial charge < -0.3 is 4.74 Å². The number of nitrogens with zero attached hydrogens (tertiary/aromatic N) is 1. The van der Waals surface area contributed by atoms with Crippen molar-refractivity contribution in [2.24, 2.45) is 0 Å². The molecule has 1 aromatic carbocycles. The number of benzene rings is 1. The number of halogens is 1. The second kappa shape index (κ2) is 6.67. The summed E-state index contributed by atoms with van der Waals surface area (Å²) in [6, 6.07) is 4.56. The summed E-state index contributed by atoms with van der Waals surface area (Å²) in [7, 11) is -3.80. The highest BCUT2D eigenvalue weighted by atomic mass is 35.5. The molecular weight excluding hydrogens is 356 g/mol. The Hall–Kier alpha value is -1.31. The van der Waals surface area contributed by atoms with Crippen molar-refractivity contribution in [2.45, 2.75) is 37.5 Å². The second-order valence-electron chi connectivity index (χ2n) is 5.23. The number of sulfonamides is 1. The smallest absolute Gasteiger partial charge is 0.267 e. The highest BCUT2D eigenvalue weighted by Gasteiger charge is 2.23. The maximum atomic E-state index is 12.7. The molecule has 0 saturated heterocycles. The Morgan fingerprint density at radius 1 is 1.35 bits per heavy atom. The molecule has 0 radical (unpaired) electrons. The van der Waals surface area contributed by atoms with E-state index in [1.807, 2.05) is 0 Å². The molecule has 23 heavy (non-hydrogen) atoms. The minimum Gasteiger partial charge on any atom is -0.492 e. The van der Waals surface area contributed by atoms with E-state index in [9.17, 15) is 8.42 Å². The molecule has 1 heterocycles. The van der Waals surface area contributed by atoms with Crippen LogP contribution in [-0.4, -0.2) is 20.0 Å². The van der Waals surface area contributed by atoms with Crippen LogP contribution in [0.4, 0.5) is 5.13 Å². The molecule has 124 valence electrons. The lowest BCUT2D eigenvalue weighted by Crippen LogP contribution is -2.14. The van der Waals surface area contributed by atoms with Crippen molar-refractivity contribution in [3.05, 3.63) is 33.8 Å². The van der Waals surface area contributed by atoms with Gasteiger partial charge in [0.25, 0.3) is 10.0 Å². The van der Waals surface area contributed by atoms with Gasteiger partial charge in [-0.25, -0.2) is 13.4 Å². The van der Waals surface area contributed by atoms with Crippen LogP contribution in [0.15, 0.2) is 23.1 Å². The van der Waals surface area contributed by atoms with Gasteiger partial charge in [-0.3, -0.25) is 4.72 Å². The van der Waals surface area contributed by atoms with E-state index in [2.05, 4.69) is 9.71 Å². The number of hydrogen-bond acceptors (Lipinski definition) is 5. The van der Waals surface area contributed by atoms with Gasteiger partial charge in [0.2, 0.25) is 0 Å². The largest absolute Gasteiger partial charge is 0.492 e. The fourth-order valence-corrected chi connectivity index (χ4v) is 5.23. The number of hydrogen-bond donors (Lipinski definition) is 1. The summed E-state index contributed by atoms with van der Waals surface area (Å²) in [5.41, 5.74) is 1.01. The molecule has 0 aliphatic heterocycles. The Balaban J connectivity index is 1.92. The molecule has 1 aliphatic rings. The third kappa shape index (κ3) is 3.62. The zero-order valence-electron chi connectivity index (χ0n) is 12.6. The summed E-state index contributed by atoms with van der Waals surface area (Å²) in [6.45, 7) is 2.17. The first-order valence-corrected chi connectivity index (χ1v) is 10.1. The van der Waals surface area contributed by atoms with E-state index in [0.717, 1.165) is 31.4 Å². The van der Waals surface area contributed by atoms with Gasteiger partial charge in [-0.05, 0) is 50.8 Å². The van der Waals surface area contributed by atoms with E-state index >= 15 is 0 Å². The van der Waals surface area contributed by atoms with Crippen molar-refractivity contribution in [3.8, 4) is 5.75 Å². The van der Waals surface area contributed by atoms with Crippen molar-refractivity contribution >= 4 is 38.1 Å². The molecule has 8 heteroatoms. The first-order chi connectivity index (χ1) is 11.0. The van der Waals surface area contributed by atoms with Gasteiger partial charge in [0, 0.05) is 9.90 Å². The van der Waals surface area contributed by atoms with Crippen molar-refractivity contribution < 1.29 is 13.2 Å². The summed E-state index contributed by atoms with van der Waals surface area (Å²) < 4.78 is 33.3. The van der Waals surface area contributed by atoms with Crippen molar-refractivity contribution in [1.82, 2.24) is 4.98 Å². The number of nitrogens with one attached hydrogen (secondary N) is 1. The number of fused-ring (bicyclic) bond motifs is 1. The van der Waals surface area contributed by atoms with Crippen LogP contribution in [0.3, 0.4) is 0 Å². The average molecular weight is 373 g/mol. The molecular formula is C15H17ClN2O3S2. The van der Waals surface area contributed by atoms with E-state index in [4.69, 9.17) is 16.3 Å². The molecule has 0 unspecified atom stereocenters. The molecule has 0 fully saturated rings. The molecule has 3 rings (SSSR count). The van der Waals surface area contributed by atoms with Crippen LogP contribution in [0.1, 0.15) is 30.3 Å². The number of ether oxygens (including phenoxy) is 1. The van der Waals surface area contributed by atoms with Crippen LogP contribution in [0.5, 0.6) is 5.75 Å². The third-order valence-corrected chi connectivity index (χ3v) is 6.36. The Kier molecular flexibility index (Phi) is 4.79. The number of rotatable bonds is 5. The van der Waals surface area contributed by atoms with Crippen LogP contribution in [0.2, 0.25) is 5.02 Å². The highest BCUT2D eigenvalue weighted by molar-refractivity contribution is 7.93. The van der Waals surface area contributed by atoms with Gasteiger partial charge in [0.15, 0.2) is 5.13 Å². The lowest BCUT2D eigenvalue weighted by molar-refractivity contribution is 0.331. The quantitative estimate of drug-likeness (QED) is 0.864. The van der Waals surface area contributed by atoms with Crippen LogP contribution < -0.4 is 9.46 Å². The molecule has 0 spiro atoms. The Morgan fingerprint density at radius 2 is 2.13 bits per heavy atom. The third-order valence-electron chi connectivity index (χ3n) is 3.56. The summed E-state index contributed by atoms with van der Waals surface area (Å²) >= 11 is 7.35. The lowest BCUT2D eigenvalue weighted by Gasteiger charge is -2.11. The van der Waals surface area contributed by atoms with Gasteiger partial charge in [-0.15, -0.1) is 11.3 Å². The van der Waals surface area contributed by atoms with E-state index in [-0.39, 0.29) is 10.6 Å². The lowest BCUT2D eigenvalue weighted by atomic mass is 10.0. The van der Waals surface area contributed by atoms with Crippen LogP contribution in [0, 0.1) is 0 Å². The van der Waals surface area contributed by atoms with E-state index < -0.39 is 10.0 Å². The van der Waals surface area contributed by atoms with E-state index in [1.165, 1.54) is 22.3 Å². The molecule has 0 bridgehead atoms. The fourth-order valence-electron chi connectivity index (χ4n) is 2.53. The predicted octanol–water partition coefficient (Wildman–Crippen LogP) is 3.87. The van der Waals surface area contributed by atoms with Gasteiger partial charge in [0.05, 0.1) is 12.3 Å². The molecule has 0 atom stereocenters. The highest BCUT2D eigenvalue weighted by Crippen LogP contribution is 2.33. The SMILES string of the molecule is CCOc1ccc(Cl)cc1S(=O)(=O)Nc1nc2c(s1)CCCC2. The maximum absolute atomic E-state index is 12.7. The first kappa shape index (κ1) is 16.5. The molecule has 1 N–H and O–H groups in total. The normalized spacial score (nSPS) is 14.3. The molecule has 1 aliphatic carbocycles. The van der Waals surface area contributed by atoms with Crippen LogP contribution in [-0.2, 0) is 22.9 Å². The van der Waals surface area contributed by atoms with E-state index in [1.54, 1.807) is 19.1 Å². The minimum absolute atomic E-state index is 0.0278. The zero-order chi connectivity index (χ0) is 16.4. The minimum atomic E-state index is -3.80. The number of anilines is 1. The first-order valence-electron chi connectivity index (χ1n) is 7.43. The summed E-state index contributed by atoms with van der Waals surface area (Å²) in [6.07, 6.45) is 4.11. The van der Waals surface area contributed by atoms with Gasteiger partial charge in [0.1, 0.15) is 10.6 Å². The molecule has 1 aromatic heterocycles. The number of aromatic nitrogens is 1. The Labute approximate surface area is 144 Å².